The molecule has 0 fully saturated rings. The Labute approximate surface area is 172 Å². The molecule has 0 spiro atoms. The number of aliphatic hydroxyl groups is 1. The first-order chi connectivity index (χ1) is 13.5. The monoisotopic (exact) mass is 409 g/mol. The summed E-state index contributed by atoms with van der Waals surface area (Å²) in [5.74, 6) is 0.917. The van der Waals surface area contributed by atoms with Crippen LogP contribution in [0.1, 0.15) is 44.4 Å². The highest BCUT2D eigenvalue weighted by Gasteiger charge is 2.20. The van der Waals surface area contributed by atoms with Crippen molar-refractivity contribution in [2.75, 3.05) is 32.1 Å². The molecule has 156 valence electrons. The highest BCUT2D eigenvalue weighted by Crippen LogP contribution is 2.37. The molecule has 0 aliphatic carbocycles. The number of aliphatic hydroxyl groups excluding tert-OH is 1. The van der Waals surface area contributed by atoms with Crippen molar-refractivity contribution < 1.29 is 14.3 Å². The zero-order valence-electron chi connectivity index (χ0n) is 17.1. The minimum absolute atomic E-state index is 0.391. The van der Waals surface area contributed by atoms with Crippen molar-refractivity contribution >= 4 is 28.3 Å². The van der Waals surface area contributed by atoms with Crippen LogP contribution in [-0.4, -0.2) is 49.2 Å². The fraction of sp³-hybridized carbons (Fsp3) is 0.619. The fourth-order valence-corrected chi connectivity index (χ4v) is 3.99. The van der Waals surface area contributed by atoms with E-state index in [1.165, 1.54) is 0 Å². The molecule has 2 aromatic rings. The number of ether oxygens (including phenoxy) is 1. The maximum absolute atomic E-state index is 10.2. The number of benzene rings is 1. The van der Waals surface area contributed by atoms with E-state index in [1.54, 1.807) is 7.11 Å². The van der Waals surface area contributed by atoms with Crippen LogP contribution in [-0.2, 0) is 17.7 Å². The van der Waals surface area contributed by atoms with Gasteiger partial charge < -0.3 is 19.6 Å². The highest BCUT2D eigenvalue weighted by molar-refractivity contribution is 6.34. The number of aryl methyl sites for hydroxylation is 1. The van der Waals surface area contributed by atoms with E-state index < -0.39 is 6.35 Å². The van der Waals surface area contributed by atoms with Crippen molar-refractivity contribution in [2.24, 2.45) is 0 Å². The van der Waals surface area contributed by atoms with Gasteiger partial charge in [-0.15, -0.1) is 0 Å². The molecule has 28 heavy (non-hydrogen) atoms. The summed E-state index contributed by atoms with van der Waals surface area (Å²) in [7, 11) is 1.72. The summed E-state index contributed by atoms with van der Waals surface area (Å²) >= 11 is 6.57. The molecular weight excluding hydrogens is 378 g/mol. The Bertz CT molecular complexity index is 778. The van der Waals surface area contributed by atoms with Gasteiger partial charge in [0.15, 0.2) is 6.35 Å². The lowest BCUT2D eigenvalue weighted by molar-refractivity contribution is 0.120. The van der Waals surface area contributed by atoms with Gasteiger partial charge in [0.25, 0.3) is 0 Å². The van der Waals surface area contributed by atoms with Crippen LogP contribution in [0.3, 0.4) is 0 Å². The minimum atomic E-state index is -0.827. The first kappa shape index (κ1) is 21.4. The van der Waals surface area contributed by atoms with Crippen molar-refractivity contribution in [1.82, 2.24) is 10.2 Å². The fourth-order valence-electron chi connectivity index (χ4n) is 3.70. The number of hydrogen-bond donors (Lipinski definition) is 3. The predicted octanol–water partition coefficient (Wildman–Crippen LogP) is 3.95. The minimum Gasteiger partial charge on any atom is -0.459 e. The molecule has 0 radical (unpaired) electrons. The van der Waals surface area contributed by atoms with E-state index in [4.69, 9.17) is 20.8 Å². The third-order valence-corrected chi connectivity index (χ3v) is 5.60. The van der Waals surface area contributed by atoms with Crippen LogP contribution in [0.25, 0.3) is 11.0 Å². The highest BCUT2D eigenvalue weighted by atomic mass is 35.5. The number of nitrogens with one attached hydrogen (secondary N) is 2. The van der Waals surface area contributed by atoms with Gasteiger partial charge in [0.2, 0.25) is 0 Å². The second-order valence-corrected chi connectivity index (χ2v) is 8.12. The molecule has 1 unspecified atom stereocenters. The van der Waals surface area contributed by atoms with E-state index in [2.05, 4.69) is 35.4 Å². The second-order valence-electron chi connectivity index (χ2n) is 7.71. The van der Waals surface area contributed by atoms with E-state index >= 15 is 0 Å². The average molecular weight is 410 g/mol. The molecule has 1 aromatic carbocycles. The summed E-state index contributed by atoms with van der Waals surface area (Å²) in [6.45, 7) is 7.39. The normalized spacial score (nSPS) is 18.5. The third-order valence-electron chi connectivity index (χ3n) is 5.30. The quantitative estimate of drug-likeness (QED) is 0.671. The van der Waals surface area contributed by atoms with Crippen LogP contribution in [0.2, 0.25) is 5.02 Å². The molecule has 2 heterocycles. The number of methoxy groups -OCH3 is 1. The summed E-state index contributed by atoms with van der Waals surface area (Å²) in [6, 6.07) is 4.39. The molecule has 0 saturated carbocycles. The SMILES string of the molecule is COCCN(Cc1cc2cc(Cl)c3c(c2o1)CCCCCNC(O)N3)C(C)C. The van der Waals surface area contributed by atoms with Crippen LogP contribution in [0.4, 0.5) is 5.69 Å². The van der Waals surface area contributed by atoms with Crippen molar-refractivity contribution in [3.05, 3.63) is 28.5 Å². The van der Waals surface area contributed by atoms with Crippen LogP contribution in [0, 0.1) is 0 Å². The molecule has 0 bridgehead atoms. The molecule has 3 N–H and O–H groups in total. The first-order valence-electron chi connectivity index (χ1n) is 10.1. The number of rotatable bonds is 6. The Morgan fingerprint density at radius 1 is 1.32 bits per heavy atom. The molecule has 0 saturated heterocycles. The molecule has 1 atom stereocenters. The Hall–Kier alpha value is -1.31. The number of fused-ring (bicyclic) bond motifs is 3. The van der Waals surface area contributed by atoms with Crippen molar-refractivity contribution in [2.45, 2.75) is 58.5 Å². The van der Waals surface area contributed by atoms with Gasteiger partial charge in [0, 0.05) is 30.6 Å². The maximum atomic E-state index is 10.2. The molecule has 1 aliphatic rings. The first-order valence-corrected chi connectivity index (χ1v) is 10.5. The van der Waals surface area contributed by atoms with Gasteiger partial charge in [0.05, 0.1) is 23.9 Å². The number of furan rings is 1. The van der Waals surface area contributed by atoms with Gasteiger partial charge in [-0.2, -0.15) is 0 Å². The van der Waals surface area contributed by atoms with E-state index in [0.717, 1.165) is 73.3 Å². The summed E-state index contributed by atoms with van der Waals surface area (Å²) < 4.78 is 11.5. The van der Waals surface area contributed by atoms with E-state index in [0.29, 0.717) is 17.7 Å². The van der Waals surface area contributed by atoms with Gasteiger partial charge in [-0.1, -0.05) is 18.0 Å². The van der Waals surface area contributed by atoms with Crippen LogP contribution >= 0.6 is 11.6 Å². The maximum Gasteiger partial charge on any atom is 0.181 e. The Balaban J connectivity index is 1.94. The van der Waals surface area contributed by atoms with E-state index in [-0.39, 0.29) is 0 Å². The lowest BCUT2D eigenvalue weighted by Crippen LogP contribution is -2.37. The Morgan fingerprint density at radius 3 is 2.89 bits per heavy atom. The van der Waals surface area contributed by atoms with Crippen molar-refractivity contribution in [3.8, 4) is 0 Å². The van der Waals surface area contributed by atoms with E-state index in [1.807, 2.05) is 6.07 Å². The lowest BCUT2D eigenvalue weighted by Gasteiger charge is -2.24. The topological polar surface area (TPSA) is 69.9 Å². The van der Waals surface area contributed by atoms with Crippen molar-refractivity contribution in [1.29, 1.82) is 0 Å². The molecular formula is C21H32ClN3O3. The average Bonchev–Trinajstić information content (AvgIpc) is 3.05. The molecule has 7 heteroatoms. The van der Waals surface area contributed by atoms with Gasteiger partial charge in [-0.05, 0) is 51.8 Å². The zero-order chi connectivity index (χ0) is 20.1. The second kappa shape index (κ2) is 9.94. The summed E-state index contributed by atoms with van der Waals surface area (Å²) in [4.78, 5) is 2.33. The number of hydrogen-bond acceptors (Lipinski definition) is 6. The number of halogens is 1. The molecule has 6 nitrogen and oxygen atoms in total. The van der Waals surface area contributed by atoms with Crippen LogP contribution < -0.4 is 10.6 Å². The van der Waals surface area contributed by atoms with Gasteiger partial charge in [-0.3, -0.25) is 10.2 Å². The molecule has 1 aromatic heterocycles. The van der Waals surface area contributed by atoms with Crippen LogP contribution in [0.5, 0.6) is 0 Å². The van der Waals surface area contributed by atoms with Gasteiger partial charge in [-0.25, -0.2) is 0 Å². The Kier molecular flexibility index (Phi) is 7.60. The smallest absolute Gasteiger partial charge is 0.181 e. The predicted molar refractivity (Wildman–Crippen MR) is 114 cm³/mol. The summed E-state index contributed by atoms with van der Waals surface area (Å²) in [6.07, 6.45) is 3.23. The van der Waals surface area contributed by atoms with Crippen LogP contribution in [0.15, 0.2) is 16.5 Å². The van der Waals surface area contributed by atoms with E-state index in [9.17, 15) is 5.11 Å². The zero-order valence-corrected chi connectivity index (χ0v) is 17.8. The third kappa shape index (κ3) is 5.19. The number of anilines is 1. The number of nitrogens with zero attached hydrogens (tertiary/aromatic N) is 1. The Morgan fingerprint density at radius 2 is 2.14 bits per heavy atom. The van der Waals surface area contributed by atoms with Gasteiger partial charge >= 0.3 is 0 Å². The molecule has 0 amide bonds. The summed E-state index contributed by atoms with van der Waals surface area (Å²) in [5.41, 5.74) is 2.67. The molecule has 1 aliphatic heterocycles. The van der Waals surface area contributed by atoms with Gasteiger partial charge in [0.1, 0.15) is 11.3 Å². The van der Waals surface area contributed by atoms with Crippen molar-refractivity contribution in [3.63, 3.8) is 0 Å². The largest absolute Gasteiger partial charge is 0.459 e. The summed E-state index contributed by atoms with van der Waals surface area (Å²) in [5, 5.41) is 18.0. The molecule has 3 rings (SSSR count). The lowest BCUT2D eigenvalue weighted by atomic mass is 10.0. The standard InChI is InChI=1S/C21H32ClN3O3/c1-14(2)25(9-10-27-3)13-16-11-15-12-18(22)19-17(20(15)28-16)7-5-4-6-8-23-21(26)24-19/h11-12,14,21,23-24,26H,4-10,13H2,1-3H3.